The van der Waals surface area contributed by atoms with Crippen LogP contribution in [0.15, 0.2) is 12.1 Å². The zero-order chi connectivity index (χ0) is 13.7. The second-order valence-corrected chi connectivity index (χ2v) is 5.46. The fourth-order valence-electron chi connectivity index (χ4n) is 1.40. The third kappa shape index (κ3) is 3.78. The van der Waals surface area contributed by atoms with Crippen molar-refractivity contribution in [2.45, 2.75) is 20.3 Å². The molecule has 0 bridgehead atoms. The van der Waals surface area contributed by atoms with Gasteiger partial charge in [-0.1, -0.05) is 18.5 Å². The van der Waals surface area contributed by atoms with E-state index >= 15 is 0 Å². The fraction of sp³-hybridized carbons (Fsp3) is 0.417. The van der Waals surface area contributed by atoms with E-state index in [0.29, 0.717) is 28.7 Å². The molecule has 2 aromatic heterocycles. The maximum Gasteiger partial charge on any atom is 0.321 e. The van der Waals surface area contributed by atoms with E-state index in [4.69, 9.17) is 16.3 Å². The van der Waals surface area contributed by atoms with E-state index in [1.54, 1.807) is 0 Å². The Labute approximate surface area is 121 Å². The lowest BCUT2D eigenvalue weighted by atomic mass is 10.4. The molecule has 0 aliphatic carbocycles. The number of aromatic nitrogens is 3. The number of hydrogen-bond acceptors (Lipinski definition) is 6. The highest BCUT2D eigenvalue weighted by Crippen LogP contribution is 2.29. The van der Waals surface area contributed by atoms with Crippen molar-refractivity contribution >= 4 is 28.9 Å². The van der Waals surface area contributed by atoms with Gasteiger partial charge >= 0.3 is 6.01 Å². The van der Waals surface area contributed by atoms with Gasteiger partial charge in [0.25, 0.3) is 0 Å². The summed E-state index contributed by atoms with van der Waals surface area (Å²) in [4.78, 5) is 13.8. The third-order valence-electron chi connectivity index (χ3n) is 2.18. The van der Waals surface area contributed by atoms with Crippen molar-refractivity contribution in [3.8, 4) is 16.7 Å². The summed E-state index contributed by atoms with van der Waals surface area (Å²) < 4.78 is 6.19. The lowest BCUT2D eigenvalue weighted by Gasteiger charge is -2.07. The molecule has 0 aliphatic heterocycles. The molecule has 0 fully saturated rings. The first-order valence-electron chi connectivity index (χ1n) is 6.11. The van der Waals surface area contributed by atoms with Crippen LogP contribution in [0.3, 0.4) is 0 Å². The molecular formula is C12H15ClN4OS. The summed E-state index contributed by atoms with van der Waals surface area (Å²) in [5.74, 6) is 1.09. The van der Waals surface area contributed by atoms with Gasteiger partial charge in [0.1, 0.15) is 0 Å². The summed E-state index contributed by atoms with van der Waals surface area (Å²) in [6, 6.07) is 4.05. The molecular weight excluding hydrogens is 284 g/mol. The highest BCUT2D eigenvalue weighted by atomic mass is 35.5. The van der Waals surface area contributed by atoms with Crippen molar-refractivity contribution in [3.05, 3.63) is 16.5 Å². The molecule has 19 heavy (non-hydrogen) atoms. The van der Waals surface area contributed by atoms with Crippen LogP contribution in [0, 0.1) is 0 Å². The lowest BCUT2D eigenvalue weighted by Crippen LogP contribution is -2.07. The van der Waals surface area contributed by atoms with Crippen LogP contribution >= 0.6 is 22.9 Å². The Bertz CT molecular complexity index is 546. The maximum absolute atomic E-state index is 5.94. The van der Waals surface area contributed by atoms with E-state index in [0.717, 1.165) is 17.8 Å². The van der Waals surface area contributed by atoms with Crippen molar-refractivity contribution in [3.63, 3.8) is 0 Å². The number of nitrogens with one attached hydrogen (secondary N) is 1. The second-order valence-electron chi connectivity index (χ2n) is 3.75. The van der Waals surface area contributed by atoms with Gasteiger partial charge in [0, 0.05) is 6.54 Å². The number of nitrogens with zero attached hydrogens (tertiary/aromatic N) is 3. The van der Waals surface area contributed by atoms with E-state index in [-0.39, 0.29) is 0 Å². The number of anilines is 1. The molecule has 0 saturated carbocycles. The quantitative estimate of drug-likeness (QED) is 0.885. The number of ether oxygens (including phenoxy) is 1. The Morgan fingerprint density at radius 1 is 1.26 bits per heavy atom. The van der Waals surface area contributed by atoms with Crippen LogP contribution in [0.4, 0.5) is 5.95 Å². The molecule has 0 spiro atoms. The first kappa shape index (κ1) is 14.0. The van der Waals surface area contributed by atoms with Gasteiger partial charge in [-0.3, -0.25) is 0 Å². The topological polar surface area (TPSA) is 59.9 Å². The van der Waals surface area contributed by atoms with Crippen molar-refractivity contribution < 1.29 is 4.74 Å². The minimum Gasteiger partial charge on any atom is -0.463 e. The summed E-state index contributed by atoms with van der Waals surface area (Å²) >= 11 is 7.36. The summed E-state index contributed by atoms with van der Waals surface area (Å²) in [6.45, 7) is 5.34. The van der Waals surface area contributed by atoms with Crippen LogP contribution in [0.1, 0.15) is 20.3 Å². The Hall–Kier alpha value is -1.40. The molecule has 0 radical (unpaired) electrons. The fourth-order valence-corrected chi connectivity index (χ4v) is 2.37. The van der Waals surface area contributed by atoms with Gasteiger partial charge in [-0.25, -0.2) is 0 Å². The van der Waals surface area contributed by atoms with Crippen LogP contribution in [-0.4, -0.2) is 28.1 Å². The minimum absolute atomic E-state index is 0.340. The average molecular weight is 299 g/mol. The Morgan fingerprint density at radius 2 is 2.11 bits per heavy atom. The van der Waals surface area contributed by atoms with E-state index in [9.17, 15) is 0 Å². The largest absolute Gasteiger partial charge is 0.463 e. The predicted molar refractivity (Wildman–Crippen MR) is 78.1 cm³/mol. The van der Waals surface area contributed by atoms with Crippen LogP contribution in [0.5, 0.6) is 6.01 Å². The molecule has 0 atom stereocenters. The van der Waals surface area contributed by atoms with E-state index < -0.39 is 0 Å². The van der Waals surface area contributed by atoms with E-state index in [2.05, 4.69) is 20.3 Å². The molecule has 1 N–H and O–H groups in total. The average Bonchev–Trinajstić information content (AvgIpc) is 2.83. The number of thiophene rings is 1. The zero-order valence-electron chi connectivity index (χ0n) is 10.8. The van der Waals surface area contributed by atoms with Crippen LogP contribution in [0.2, 0.25) is 4.34 Å². The SMILES string of the molecule is CCCOc1nc(NCC)nc(-c2ccc(Cl)s2)n1. The van der Waals surface area contributed by atoms with Crippen LogP contribution in [0.25, 0.3) is 10.7 Å². The number of hydrogen-bond donors (Lipinski definition) is 1. The van der Waals surface area contributed by atoms with Crippen molar-refractivity contribution in [2.24, 2.45) is 0 Å². The van der Waals surface area contributed by atoms with Crippen molar-refractivity contribution in [1.29, 1.82) is 0 Å². The first-order chi connectivity index (χ1) is 9.22. The first-order valence-corrected chi connectivity index (χ1v) is 7.30. The highest BCUT2D eigenvalue weighted by molar-refractivity contribution is 7.19. The second kappa shape index (κ2) is 6.68. The molecule has 0 unspecified atom stereocenters. The van der Waals surface area contributed by atoms with Crippen LogP contribution < -0.4 is 10.1 Å². The number of rotatable bonds is 6. The van der Waals surface area contributed by atoms with Gasteiger partial charge in [-0.2, -0.15) is 15.0 Å². The number of halogens is 1. The van der Waals surface area contributed by atoms with Gasteiger partial charge in [-0.05, 0) is 25.5 Å². The molecule has 7 heteroatoms. The molecule has 102 valence electrons. The third-order valence-corrected chi connectivity index (χ3v) is 3.41. The van der Waals surface area contributed by atoms with Gasteiger partial charge in [-0.15, -0.1) is 11.3 Å². The minimum atomic E-state index is 0.340. The molecule has 0 aliphatic rings. The molecule has 0 aromatic carbocycles. The molecule has 0 amide bonds. The molecule has 2 heterocycles. The molecule has 5 nitrogen and oxygen atoms in total. The van der Waals surface area contributed by atoms with Gasteiger partial charge in [0.2, 0.25) is 5.95 Å². The predicted octanol–water partition coefficient (Wildman–Crippen LogP) is 3.47. The van der Waals surface area contributed by atoms with Crippen LogP contribution in [-0.2, 0) is 0 Å². The normalized spacial score (nSPS) is 10.5. The van der Waals surface area contributed by atoms with Gasteiger partial charge < -0.3 is 10.1 Å². The summed E-state index contributed by atoms with van der Waals surface area (Å²) in [7, 11) is 0. The molecule has 2 aromatic rings. The monoisotopic (exact) mass is 298 g/mol. The van der Waals surface area contributed by atoms with Crippen molar-refractivity contribution in [1.82, 2.24) is 15.0 Å². The summed E-state index contributed by atoms with van der Waals surface area (Å²) in [5, 5.41) is 3.07. The highest BCUT2D eigenvalue weighted by Gasteiger charge is 2.11. The lowest BCUT2D eigenvalue weighted by molar-refractivity contribution is 0.292. The smallest absolute Gasteiger partial charge is 0.321 e. The maximum atomic E-state index is 5.94. The zero-order valence-corrected chi connectivity index (χ0v) is 12.4. The van der Waals surface area contributed by atoms with E-state index in [1.165, 1.54) is 11.3 Å². The summed E-state index contributed by atoms with van der Waals surface area (Å²) in [6.07, 6.45) is 0.905. The molecule has 0 saturated heterocycles. The van der Waals surface area contributed by atoms with Gasteiger partial charge in [0.05, 0.1) is 15.8 Å². The molecule has 2 rings (SSSR count). The van der Waals surface area contributed by atoms with Gasteiger partial charge in [0.15, 0.2) is 5.82 Å². The van der Waals surface area contributed by atoms with E-state index in [1.807, 2.05) is 26.0 Å². The Kier molecular flexibility index (Phi) is 4.93. The Balaban J connectivity index is 2.33. The van der Waals surface area contributed by atoms with Crippen molar-refractivity contribution in [2.75, 3.05) is 18.5 Å². The Morgan fingerprint density at radius 3 is 2.74 bits per heavy atom. The standard InChI is InChI=1S/C12H15ClN4OS/c1-3-7-18-12-16-10(8-5-6-9(13)19-8)15-11(17-12)14-4-2/h5-6H,3-4,7H2,1-2H3,(H,14,15,16,17). The summed E-state index contributed by atoms with van der Waals surface area (Å²) in [5.41, 5.74) is 0.